The first-order valence-electron chi connectivity index (χ1n) is 6.56. The van der Waals surface area contributed by atoms with Crippen LogP contribution < -0.4 is 5.32 Å². The summed E-state index contributed by atoms with van der Waals surface area (Å²) in [5.74, 6) is 0.0763. The van der Waals surface area contributed by atoms with Gasteiger partial charge in [-0.05, 0) is 47.4 Å². The Morgan fingerprint density at radius 2 is 1.90 bits per heavy atom. The van der Waals surface area contributed by atoms with Crippen LogP contribution in [0.5, 0.6) is 0 Å². The average molecular weight is 430 g/mol. The highest BCUT2D eigenvalue weighted by atomic mass is 79.9. The van der Waals surface area contributed by atoms with Crippen molar-refractivity contribution in [1.82, 2.24) is 0 Å². The third kappa shape index (κ3) is 3.17. The molecule has 2 nitrogen and oxygen atoms in total. The second-order valence-corrected chi connectivity index (χ2v) is 7.20. The zero-order chi connectivity index (χ0) is 15.0. The molecule has 3 rings (SSSR count). The number of anilines is 1. The van der Waals surface area contributed by atoms with E-state index in [0.717, 1.165) is 37.7 Å². The SMILES string of the molecule is O=C1CCc2cc(C(Cl)c3cc(Br)ccc3Br)ccc2N1. The van der Waals surface area contributed by atoms with Crippen molar-refractivity contribution >= 4 is 55.1 Å². The lowest BCUT2D eigenvalue weighted by Crippen LogP contribution is -2.19. The monoisotopic (exact) mass is 427 g/mol. The summed E-state index contributed by atoms with van der Waals surface area (Å²) in [7, 11) is 0. The lowest BCUT2D eigenvalue weighted by molar-refractivity contribution is -0.116. The van der Waals surface area contributed by atoms with Crippen LogP contribution in [0.4, 0.5) is 5.69 Å². The topological polar surface area (TPSA) is 29.1 Å². The number of alkyl halides is 1. The number of fused-ring (bicyclic) bond motifs is 1. The van der Waals surface area contributed by atoms with Gasteiger partial charge in [0.25, 0.3) is 0 Å². The molecule has 21 heavy (non-hydrogen) atoms. The summed E-state index contributed by atoms with van der Waals surface area (Å²) in [6.07, 6.45) is 1.29. The van der Waals surface area contributed by atoms with Crippen LogP contribution in [-0.4, -0.2) is 5.91 Å². The zero-order valence-electron chi connectivity index (χ0n) is 11.0. The van der Waals surface area contributed by atoms with Gasteiger partial charge in [-0.3, -0.25) is 4.79 Å². The fourth-order valence-electron chi connectivity index (χ4n) is 2.45. The molecule has 0 saturated heterocycles. The van der Waals surface area contributed by atoms with E-state index in [1.165, 1.54) is 0 Å². The smallest absolute Gasteiger partial charge is 0.224 e. The summed E-state index contributed by atoms with van der Waals surface area (Å²) >= 11 is 13.7. The van der Waals surface area contributed by atoms with Gasteiger partial charge in [0.1, 0.15) is 0 Å². The van der Waals surface area contributed by atoms with Crippen LogP contribution in [0.3, 0.4) is 0 Å². The van der Waals surface area contributed by atoms with Crippen LogP contribution in [0.25, 0.3) is 0 Å². The normalized spacial score (nSPS) is 15.3. The Morgan fingerprint density at radius 3 is 2.71 bits per heavy atom. The minimum atomic E-state index is -0.236. The molecule has 108 valence electrons. The third-order valence-corrected chi connectivity index (χ3v) is 5.25. The summed E-state index contributed by atoms with van der Waals surface area (Å²) in [6.45, 7) is 0. The highest BCUT2D eigenvalue weighted by molar-refractivity contribution is 9.11. The van der Waals surface area contributed by atoms with Crippen molar-refractivity contribution in [3.8, 4) is 0 Å². The number of carbonyl (C=O) groups excluding carboxylic acids is 1. The molecule has 2 aromatic carbocycles. The maximum atomic E-state index is 11.4. The highest BCUT2D eigenvalue weighted by Gasteiger charge is 2.19. The Labute approximate surface area is 145 Å². The van der Waals surface area contributed by atoms with E-state index in [0.29, 0.717) is 6.42 Å². The summed E-state index contributed by atoms with van der Waals surface area (Å²) in [5, 5.41) is 2.65. The fraction of sp³-hybridized carbons (Fsp3) is 0.188. The molecule has 0 aromatic heterocycles. The van der Waals surface area contributed by atoms with E-state index in [9.17, 15) is 4.79 Å². The average Bonchev–Trinajstić information content (AvgIpc) is 2.48. The number of hydrogen-bond donors (Lipinski definition) is 1. The second-order valence-electron chi connectivity index (χ2n) is 4.99. The number of amides is 1. The molecule has 0 radical (unpaired) electrons. The Kier molecular flexibility index (Phi) is 4.38. The minimum absolute atomic E-state index is 0.0763. The molecule has 1 unspecified atom stereocenters. The molecule has 0 spiro atoms. The van der Waals surface area contributed by atoms with Gasteiger partial charge in [-0.15, -0.1) is 11.6 Å². The lowest BCUT2D eigenvalue weighted by Gasteiger charge is -2.20. The molecule has 1 N–H and O–H groups in total. The van der Waals surface area contributed by atoms with E-state index >= 15 is 0 Å². The number of carbonyl (C=O) groups is 1. The molecule has 0 saturated carbocycles. The van der Waals surface area contributed by atoms with Crippen molar-refractivity contribution in [2.24, 2.45) is 0 Å². The first-order valence-corrected chi connectivity index (χ1v) is 8.58. The number of aryl methyl sites for hydroxylation is 1. The molecule has 5 heteroatoms. The molecule has 1 atom stereocenters. The fourth-order valence-corrected chi connectivity index (χ4v) is 3.75. The van der Waals surface area contributed by atoms with E-state index < -0.39 is 0 Å². The predicted molar refractivity (Wildman–Crippen MR) is 92.9 cm³/mol. The van der Waals surface area contributed by atoms with Crippen molar-refractivity contribution in [3.63, 3.8) is 0 Å². The maximum Gasteiger partial charge on any atom is 0.224 e. The van der Waals surface area contributed by atoms with E-state index in [1.807, 2.05) is 30.3 Å². The molecule has 2 aromatic rings. The van der Waals surface area contributed by atoms with Crippen LogP contribution in [-0.2, 0) is 11.2 Å². The van der Waals surface area contributed by atoms with Crippen molar-refractivity contribution in [2.45, 2.75) is 18.2 Å². The van der Waals surface area contributed by atoms with Crippen LogP contribution in [0, 0.1) is 0 Å². The number of hydrogen-bond acceptors (Lipinski definition) is 1. The van der Waals surface area contributed by atoms with Gasteiger partial charge in [-0.25, -0.2) is 0 Å². The van der Waals surface area contributed by atoms with Gasteiger partial charge < -0.3 is 5.32 Å². The van der Waals surface area contributed by atoms with E-state index in [-0.39, 0.29) is 11.3 Å². The quantitative estimate of drug-likeness (QED) is 0.634. The minimum Gasteiger partial charge on any atom is -0.326 e. The first-order chi connectivity index (χ1) is 10.0. The highest BCUT2D eigenvalue weighted by Crippen LogP contribution is 2.37. The van der Waals surface area contributed by atoms with Crippen molar-refractivity contribution < 1.29 is 4.79 Å². The second kappa shape index (κ2) is 6.11. The van der Waals surface area contributed by atoms with Crippen molar-refractivity contribution in [1.29, 1.82) is 0 Å². The number of halogens is 3. The first kappa shape index (κ1) is 15.1. The van der Waals surface area contributed by atoms with Crippen LogP contribution >= 0.6 is 43.5 Å². The molecule has 0 aliphatic carbocycles. The number of nitrogens with one attached hydrogen (secondary N) is 1. The third-order valence-electron chi connectivity index (χ3n) is 3.55. The van der Waals surface area contributed by atoms with Crippen molar-refractivity contribution in [2.75, 3.05) is 5.32 Å². The van der Waals surface area contributed by atoms with Gasteiger partial charge in [0, 0.05) is 21.1 Å². The lowest BCUT2D eigenvalue weighted by atomic mass is 9.97. The van der Waals surface area contributed by atoms with Gasteiger partial charge in [-0.1, -0.05) is 44.0 Å². The predicted octanol–water partition coefficient (Wildman–Crippen LogP) is 5.42. The molecule has 1 aliphatic rings. The zero-order valence-corrected chi connectivity index (χ0v) is 14.9. The van der Waals surface area contributed by atoms with Gasteiger partial charge in [0.15, 0.2) is 0 Å². The van der Waals surface area contributed by atoms with E-state index in [1.54, 1.807) is 0 Å². The summed E-state index contributed by atoms with van der Waals surface area (Å²) in [5.41, 5.74) is 4.09. The van der Waals surface area contributed by atoms with E-state index in [4.69, 9.17) is 11.6 Å². The largest absolute Gasteiger partial charge is 0.326 e. The molecule has 0 bridgehead atoms. The molecule has 1 aliphatic heterocycles. The van der Waals surface area contributed by atoms with Crippen molar-refractivity contribution in [3.05, 3.63) is 62.0 Å². The summed E-state index contributed by atoms with van der Waals surface area (Å²) in [6, 6.07) is 12.0. The number of benzene rings is 2. The summed E-state index contributed by atoms with van der Waals surface area (Å²) < 4.78 is 1.98. The van der Waals surface area contributed by atoms with Gasteiger partial charge in [0.05, 0.1) is 5.38 Å². The van der Waals surface area contributed by atoms with Gasteiger partial charge in [0.2, 0.25) is 5.91 Å². The van der Waals surface area contributed by atoms with Crippen LogP contribution in [0.2, 0.25) is 0 Å². The number of rotatable bonds is 2. The molecule has 1 amide bonds. The van der Waals surface area contributed by atoms with Gasteiger partial charge in [-0.2, -0.15) is 0 Å². The summed E-state index contributed by atoms with van der Waals surface area (Å²) in [4.78, 5) is 11.4. The molecular formula is C16H12Br2ClNO. The van der Waals surface area contributed by atoms with E-state index in [2.05, 4.69) is 43.2 Å². The molecule has 0 fully saturated rings. The Morgan fingerprint density at radius 1 is 1.10 bits per heavy atom. The molecule has 1 heterocycles. The Balaban J connectivity index is 1.97. The Bertz CT molecular complexity index is 717. The van der Waals surface area contributed by atoms with Gasteiger partial charge >= 0.3 is 0 Å². The maximum absolute atomic E-state index is 11.4. The standard InChI is InChI=1S/C16H12Br2ClNO/c17-11-3-4-13(18)12(8-11)16(19)10-1-5-14-9(7-10)2-6-15(21)20-14/h1,3-5,7-8,16H,2,6H2,(H,20,21). The van der Waals surface area contributed by atoms with Crippen LogP contribution in [0.15, 0.2) is 45.3 Å². The Hall–Kier alpha value is -0.840. The van der Waals surface area contributed by atoms with Crippen LogP contribution in [0.1, 0.15) is 28.5 Å². The molecular weight excluding hydrogens is 417 g/mol.